The van der Waals surface area contributed by atoms with Gasteiger partial charge in [0.2, 0.25) is 5.75 Å². The van der Waals surface area contributed by atoms with Gasteiger partial charge in [-0.3, -0.25) is 9.79 Å². The van der Waals surface area contributed by atoms with Crippen LogP contribution < -0.4 is 28.4 Å². The van der Waals surface area contributed by atoms with Crippen LogP contribution >= 0.6 is 0 Å². The molecule has 1 saturated heterocycles. The van der Waals surface area contributed by atoms with Crippen LogP contribution in [0.1, 0.15) is 76.2 Å². The molecule has 1 unspecified atom stereocenters. The van der Waals surface area contributed by atoms with Crippen molar-refractivity contribution in [1.29, 1.82) is 0 Å². The lowest BCUT2D eigenvalue weighted by Gasteiger charge is -2.25. The van der Waals surface area contributed by atoms with Gasteiger partial charge in [0.05, 0.1) is 52.3 Å². The number of phenols is 1. The maximum absolute atomic E-state index is 12.8. The van der Waals surface area contributed by atoms with Gasteiger partial charge in [0.25, 0.3) is 5.91 Å². The molecule has 0 saturated carbocycles. The summed E-state index contributed by atoms with van der Waals surface area (Å²) in [6, 6.07) is 12.1. The number of carbonyl (C=O) groups is 1. The molecule has 48 heavy (non-hydrogen) atoms. The second-order valence-electron chi connectivity index (χ2n) is 12.1. The van der Waals surface area contributed by atoms with Crippen molar-refractivity contribution in [1.82, 2.24) is 4.90 Å². The van der Waals surface area contributed by atoms with E-state index in [4.69, 9.17) is 28.4 Å². The molecule has 262 valence electrons. The number of benzene rings is 3. The van der Waals surface area contributed by atoms with E-state index < -0.39 is 0 Å². The van der Waals surface area contributed by atoms with Crippen LogP contribution in [0.15, 0.2) is 47.5 Å². The summed E-state index contributed by atoms with van der Waals surface area (Å²) in [6.07, 6.45) is 6.12. The molecule has 3 aromatic carbocycles. The molecular weight excluding hydrogens is 612 g/mol. The van der Waals surface area contributed by atoms with E-state index in [0.717, 1.165) is 37.8 Å². The molecule has 2 heterocycles. The van der Waals surface area contributed by atoms with Crippen LogP contribution in [0.2, 0.25) is 0 Å². The summed E-state index contributed by atoms with van der Waals surface area (Å²) < 4.78 is 33.2. The minimum Gasteiger partial charge on any atom is -0.508 e. The summed E-state index contributed by atoms with van der Waals surface area (Å²) >= 11 is 0. The third-order valence-electron chi connectivity index (χ3n) is 8.04. The van der Waals surface area contributed by atoms with Crippen molar-refractivity contribution in [3.63, 3.8) is 0 Å². The second kappa shape index (κ2) is 17.5. The summed E-state index contributed by atoms with van der Waals surface area (Å²) in [5.74, 6) is 4.01. The van der Waals surface area contributed by atoms with Crippen LogP contribution in [0, 0.1) is 12.3 Å². The number of hydrogen-bond donors (Lipinski definition) is 1. The Bertz CT molecular complexity index is 1530. The lowest BCUT2D eigenvalue weighted by molar-refractivity contribution is 0.0774. The monoisotopic (exact) mass is 664 g/mol. The fourth-order valence-electron chi connectivity index (χ4n) is 5.58. The molecule has 0 radical (unpaired) electrons. The largest absolute Gasteiger partial charge is 0.508 e. The molecule has 2 aliphatic rings. The molecule has 1 fully saturated rings. The van der Waals surface area contributed by atoms with E-state index in [0.29, 0.717) is 58.1 Å². The summed E-state index contributed by atoms with van der Waals surface area (Å²) in [5.41, 5.74) is 2.26. The zero-order chi connectivity index (χ0) is 35.4. The molecular formula is C38H52N2O8. The highest BCUT2D eigenvalue weighted by molar-refractivity contribution is 6.03. The number of fused-ring (bicyclic) bond motifs is 2. The SMILES string of the molecule is CC.CCCC(C)(C)COc1cc2c(cc1OC)C(=O)N1CCCC1C=N2.COc1cc(Oc2cc(O)ccc2C)cc(OC)c1OC. The lowest BCUT2D eigenvalue weighted by Crippen LogP contribution is -2.35. The molecule has 3 aromatic rings. The van der Waals surface area contributed by atoms with Crippen LogP contribution in [0.4, 0.5) is 5.69 Å². The van der Waals surface area contributed by atoms with E-state index in [1.165, 1.54) is 0 Å². The number of aliphatic imine (C=N–C) groups is 1. The number of aromatic hydroxyl groups is 1. The lowest BCUT2D eigenvalue weighted by atomic mass is 9.89. The molecule has 0 aliphatic carbocycles. The molecule has 10 nitrogen and oxygen atoms in total. The highest BCUT2D eigenvalue weighted by atomic mass is 16.5. The Hall–Kier alpha value is -4.60. The third-order valence-corrected chi connectivity index (χ3v) is 8.04. The van der Waals surface area contributed by atoms with Crippen LogP contribution in [0.25, 0.3) is 0 Å². The first-order chi connectivity index (χ1) is 23.0. The summed E-state index contributed by atoms with van der Waals surface area (Å²) in [4.78, 5) is 19.3. The minimum atomic E-state index is 0.0335. The van der Waals surface area contributed by atoms with E-state index in [1.807, 2.05) is 38.0 Å². The molecule has 0 aromatic heterocycles. The number of rotatable bonds is 11. The van der Waals surface area contributed by atoms with Gasteiger partial charge in [-0.25, -0.2) is 0 Å². The standard InChI is InChI=1S/C20H28N2O3.C16H18O5.C2H6/c1-5-8-20(2,3)13-25-18-11-16-15(10-17(18)24-4)19(23)22-9-6-7-14(22)12-21-16;1-10-5-6-11(17)7-13(10)21-12-8-14(18-2)16(20-4)15(9-12)19-3;1-2/h10-12,14H,5-9,13H2,1-4H3;5-9,17H,1-4H3;1-2H3. The first-order valence-electron chi connectivity index (χ1n) is 16.5. The predicted octanol–water partition coefficient (Wildman–Crippen LogP) is 8.77. The third kappa shape index (κ3) is 9.27. The van der Waals surface area contributed by atoms with E-state index in [1.54, 1.807) is 64.8 Å². The van der Waals surface area contributed by atoms with Crippen LogP contribution in [0.3, 0.4) is 0 Å². The molecule has 10 heteroatoms. The van der Waals surface area contributed by atoms with Gasteiger partial charge in [0, 0.05) is 37.0 Å². The van der Waals surface area contributed by atoms with Crippen molar-refractivity contribution in [2.45, 2.75) is 73.3 Å². The van der Waals surface area contributed by atoms with Gasteiger partial charge in [0.1, 0.15) is 17.2 Å². The average molecular weight is 665 g/mol. The topological polar surface area (TPSA) is 108 Å². The fourth-order valence-corrected chi connectivity index (χ4v) is 5.58. The zero-order valence-electron chi connectivity index (χ0n) is 30.1. The second-order valence-corrected chi connectivity index (χ2v) is 12.1. The van der Waals surface area contributed by atoms with Gasteiger partial charge in [-0.1, -0.05) is 47.1 Å². The highest BCUT2D eigenvalue weighted by Gasteiger charge is 2.32. The Morgan fingerprint density at radius 2 is 1.56 bits per heavy atom. The molecule has 1 amide bonds. The first-order valence-corrected chi connectivity index (χ1v) is 16.5. The van der Waals surface area contributed by atoms with Gasteiger partial charge in [0.15, 0.2) is 23.0 Å². The van der Waals surface area contributed by atoms with Crippen molar-refractivity contribution in [2.75, 3.05) is 41.6 Å². The molecule has 2 aliphatic heterocycles. The number of carbonyl (C=O) groups excluding carboxylic acids is 1. The number of ether oxygens (including phenoxy) is 6. The van der Waals surface area contributed by atoms with E-state index in [9.17, 15) is 9.90 Å². The van der Waals surface area contributed by atoms with Crippen molar-refractivity contribution < 1.29 is 38.3 Å². The molecule has 1 atom stereocenters. The number of aryl methyl sites for hydroxylation is 1. The van der Waals surface area contributed by atoms with Crippen molar-refractivity contribution in [2.24, 2.45) is 10.4 Å². The summed E-state index contributed by atoms with van der Waals surface area (Å²) in [6.45, 7) is 13.9. The Morgan fingerprint density at radius 1 is 0.896 bits per heavy atom. The Labute approximate surface area is 285 Å². The number of hydrogen-bond acceptors (Lipinski definition) is 9. The number of methoxy groups -OCH3 is 4. The van der Waals surface area contributed by atoms with Gasteiger partial charge in [-0.05, 0) is 49.3 Å². The van der Waals surface area contributed by atoms with Crippen molar-refractivity contribution >= 4 is 17.8 Å². The Kier molecular flexibility index (Phi) is 13.8. The highest BCUT2D eigenvalue weighted by Crippen LogP contribution is 2.43. The van der Waals surface area contributed by atoms with Gasteiger partial charge >= 0.3 is 0 Å². The van der Waals surface area contributed by atoms with E-state index >= 15 is 0 Å². The molecule has 5 rings (SSSR count). The maximum atomic E-state index is 12.8. The van der Waals surface area contributed by atoms with Crippen molar-refractivity contribution in [3.8, 4) is 46.0 Å². The molecule has 0 bridgehead atoms. The Morgan fingerprint density at radius 3 is 2.17 bits per heavy atom. The zero-order valence-corrected chi connectivity index (χ0v) is 30.1. The maximum Gasteiger partial charge on any atom is 0.256 e. The number of amides is 1. The van der Waals surface area contributed by atoms with Gasteiger partial charge in [-0.15, -0.1) is 0 Å². The fraction of sp³-hybridized carbons (Fsp3) is 0.474. The van der Waals surface area contributed by atoms with Crippen molar-refractivity contribution in [3.05, 3.63) is 53.6 Å². The summed E-state index contributed by atoms with van der Waals surface area (Å²) in [7, 11) is 6.23. The molecule has 1 N–H and O–H groups in total. The predicted molar refractivity (Wildman–Crippen MR) is 190 cm³/mol. The van der Waals surface area contributed by atoms with Crippen LogP contribution in [0.5, 0.6) is 46.0 Å². The first kappa shape index (κ1) is 37.9. The number of phenolic OH excluding ortho intramolecular Hbond substituents is 1. The molecule has 0 spiro atoms. The van der Waals surface area contributed by atoms with Crippen LogP contribution in [-0.2, 0) is 0 Å². The Balaban J connectivity index is 0.000000251. The van der Waals surface area contributed by atoms with Gasteiger partial charge < -0.3 is 38.4 Å². The summed E-state index contributed by atoms with van der Waals surface area (Å²) in [5, 5.41) is 9.55. The van der Waals surface area contributed by atoms with Crippen LogP contribution in [-0.4, -0.2) is 69.8 Å². The van der Waals surface area contributed by atoms with E-state index in [-0.39, 0.29) is 23.1 Å². The van der Waals surface area contributed by atoms with E-state index in [2.05, 4.69) is 25.8 Å². The number of nitrogens with zero attached hydrogens (tertiary/aromatic N) is 2. The average Bonchev–Trinajstić information content (AvgIpc) is 3.52. The minimum absolute atomic E-state index is 0.0335. The smallest absolute Gasteiger partial charge is 0.256 e. The normalized spacial score (nSPS) is 14.7. The quantitative estimate of drug-likeness (QED) is 0.217. The van der Waals surface area contributed by atoms with Gasteiger partial charge in [-0.2, -0.15) is 0 Å².